The van der Waals surface area contributed by atoms with Gasteiger partial charge < -0.3 is 4.74 Å². The van der Waals surface area contributed by atoms with Gasteiger partial charge >= 0.3 is 5.97 Å². The number of sulfonamides is 1. The summed E-state index contributed by atoms with van der Waals surface area (Å²) < 4.78 is 32.3. The van der Waals surface area contributed by atoms with Crippen LogP contribution in [0.15, 0.2) is 47.6 Å². The maximum absolute atomic E-state index is 12.5. The highest BCUT2D eigenvalue weighted by molar-refractivity contribution is 7.89. The lowest BCUT2D eigenvalue weighted by Gasteiger charge is -2.19. The van der Waals surface area contributed by atoms with E-state index in [0.717, 1.165) is 9.99 Å². The van der Waals surface area contributed by atoms with E-state index in [-0.39, 0.29) is 11.4 Å². The Morgan fingerprint density at radius 2 is 2.00 bits per heavy atom. The van der Waals surface area contributed by atoms with Gasteiger partial charge in [0.2, 0.25) is 10.0 Å². The second kappa shape index (κ2) is 6.93. The van der Waals surface area contributed by atoms with Gasteiger partial charge in [-0.2, -0.15) is 9.40 Å². The van der Waals surface area contributed by atoms with Crippen molar-refractivity contribution >= 4 is 16.0 Å². The average Bonchev–Trinajstić information content (AvgIpc) is 3.05. The van der Waals surface area contributed by atoms with Crippen molar-refractivity contribution < 1.29 is 17.9 Å². The molecule has 2 rings (SSSR count). The molecule has 1 aromatic carbocycles. The van der Waals surface area contributed by atoms with Crippen molar-refractivity contribution in [3.63, 3.8) is 0 Å². The van der Waals surface area contributed by atoms with Crippen LogP contribution in [-0.2, 0) is 19.6 Å². The molecule has 0 aliphatic carbocycles. The smallest absolute Gasteiger partial charge is 0.309 e. The third-order valence-corrected chi connectivity index (χ3v) is 5.20. The first-order valence-corrected chi connectivity index (χ1v) is 8.44. The molecule has 23 heavy (non-hydrogen) atoms. The van der Waals surface area contributed by atoms with Gasteiger partial charge in [0.15, 0.2) is 0 Å². The minimum Gasteiger partial charge on any atom is -0.469 e. The Balaban J connectivity index is 2.20. The molecule has 1 heterocycles. The highest BCUT2D eigenvalue weighted by Gasteiger charge is 2.26. The molecule has 0 fully saturated rings. The van der Waals surface area contributed by atoms with Crippen LogP contribution < -0.4 is 0 Å². The summed E-state index contributed by atoms with van der Waals surface area (Å²) in [6.07, 6.45) is 2.74. The maximum Gasteiger partial charge on any atom is 0.309 e. The summed E-state index contributed by atoms with van der Waals surface area (Å²) in [5, 5.41) is 4.08. The molecule has 0 aliphatic rings. The van der Waals surface area contributed by atoms with Crippen LogP contribution in [0.4, 0.5) is 0 Å². The zero-order valence-electron chi connectivity index (χ0n) is 13.2. The molecule has 2 aromatic rings. The van der Waals surface area contributed by atoms with E-state index in [1.54, 1.807) is 6.92 Å². The third-order valence-electron chi connectivity index (χ3n) is 3.42. The lowest BCUT2D eigenvalue weighted by atomic mass is 10.2. The van der Waals surface area contributed by atoms with Gasteiger partial charge in [-0.1, -0.05) is 25.1 Å². The summed E-state index contributed by atoms with van der Waals surface area (Å²) in [6.45, 7) is 1.65. The van der Waals surface area contributed by atoms with E-state index in [4.69, 9.17) is 0 Å². The first-order chi connectivity index (χ1) is 10.9. The van der Waals surface area contributed by atoms with E-state index >= 15 is 0 Å². The van der Waals surface area contributed by atoms with Gasteiger partial charge in [0.05, 0.1) is 31.1 Å². The molecule has 0 saturated heterocycles. The monoisotopic (exact) mass is 337 g/mol. The number of carbonyl (C=O) groups excluding carboxylic acids is 1. The Labute approximate surface area is 135 Å². The van der Waals surface area contributed by atoms with Crippen molar-refractivity contribution in [3.8, 4) is 5.69 Å². The van der Waals surface area contributed by atoms with Crippen molar-refractivity contribution in [2.75, 3.05) is 20.7 Å². The minimum atomic E-state index is -3.72. The average molecular weight is 337 g/mol. The topological polar surface area (TPSA) is 81.5 Å². The van der Waals surface area contributed by atoms with Gasteiger partial charge in [0.1, 0.15) is 4.90 Å². The van der Waals surface area contributed by atoms with Crippen molar-refractivity contribution in [3.05, 3.63) is 42.7 Å². The number of ether oxygens (including phenoxy) is 1. The number of para-hydroxylation sites is 1. The summed E-state index contributed by atoms with van der Waals surface area (Å²) in [4.78, 5) is 11.5. The number of carbonyl (C=O) groups is 1. The predicted molar refractivity (Wildman–Crippen MR) is 84.6 cm³/mol. The Morgan fingerprint density at radius 1 is 1.35 bits per heavy atom. The molecule has 0 aliphatic heterocycles. The van der Waals surface area contributed by atoms with Crippen LogP contribution in [0.1, 0.15) is 6.92 Å². The number of benzene rings is 1. The fourth-order valence-electron chi connectivity index (χ4n) is 2.10. The zero-order chi connectivity index (χ0) is 17.0. The quantitative estimate of drug-likeness (QED) is 0.742. The summed E-state index contributed by atoms with van der Waals surface area (Å²) in [7, 11) is -1.02. The number of hydrogen-bond acceptors (Lipinski definition) is 5. The van der Waals surface area contributed by atoms with Crippen LogP contribution in [0, 0.1) is 5.92 Å². The lowest BCUT2D eigenvalue weighted by Crippen LogP contribution is -2.34. The number of methoxy groups -OCH3 is 1. The molecule has 8 heteroatoms. The third kappa shape index (κ3) is 3.77. The second-order valence-electron chi connectivity index (χ2n) is 5.17. The van der Waals surface area contributed by atoms with E-state index in [2.05, 4.69) is 9.84 Å². The number of esters is 1. The standard InChI is InChI=1S/C15H19N3O4S/c1-12(15(19)22-3)10-17(2)23(20,21)14-9-16-18(11-14)13-7-5-4-6-8-13/h4-9,11-12H,10H2,1-3H3/t12-/m0/s1. The van der Waals surface area contributed by atoms with Gasteiger partial charge in [-0.25, -0.2) is 13.1 Å². The molecule has 1 aromatic heterocycles. The molecule has 0 unspecified atom stereocenters. The summed E-state index contributed by atoms with van der Waals surface area (Å²) in [5.74, 6) is -1.00. The second-order valence-corrected chi connectivity index (χ2v) is 7.21. The normalized spacial score (nSPS) is 13.0. The molecule has 0 N–H and O–H groups in total. The number of nitrogens with zero attached hydrogens (tertiary/aromatic N) is 3. The first kappa shape index (κ1) is 17.2. The Hall–Kier alpha value is -2.19. The molecule has 0 bridgehead atoms. The van der Waals surface area contributed by atoms with Crippen LogP contribution in [0.2, 0.25) is 0 Å². The fraction of sp³-hybridized carbons (Fsp3) is 0.333. The van der Waals surface area contributed by atoms with Crippen LogP contribution in [0.3, 0.4) is 0 Å². The fourth-order valence-corrected chi connectivity index (χ4v) is 3.29. The van der Waals surface area contributed by atoms with E-state index < -0.39 is 21.9 Å². The molecule has 1 atom stereocenters. The molecule has 0 saturated carbocycles. The number of rotatable bonds is 6. The largest absolute Gasteiger partial charge is 0.469 e. The Morgan fingerprint density at radius 3 is 2.61 bits per heavy atom. The van der Waals surface area contributed by atoms with Gasteiger partial charge in [0, 0.05) is 13.6 Å². The van der Waals surface area contributed by atoms with E-state index in [9.17, 15) is 13.2 Å². The predicted octanol–water partition coefficient (Wildman–Crippen LogP) is 1.30. The summed E-state index contributed by atoms with van der Waals surface area (Å²) in [5.41, 5.74) is 0.763. The zero-order valence-corrected chi connectivity index (χ0v) is 14.0. The van der Waals surface area contributed by atoms with Crippen LogP contribution in [0.5, 0.6) is 0 Å². The van der Waals surface area contributed by atoms with E-state index in [1.807, 2.05) is 30.3 Å². The van der Waals surface area contributed by atoms with Crippen molar-refractivity contribution in [2.45, 2.75) is 11.8 Å². The molecule has 0 spiro atoms. The number of aromatic nitrogens is 2. The van der Waals surface area contributed by atoms with Gasteiger partial charge in [-0.15, -0.1) is 0 Å². The van der Waals surface area contributed by atoms with Gasteiger partial charge in [0.25, 0.3) is 0 Å². The Kier molecular flexibility index (Phi) is 5.17. The molecule has 7 nitrogen and oxygen atoms in total. The summed E-state index contributed by atoms with van der Waals surface area (Å²) in [6, 6.07) is 9.20. The minimum absolute atomic E-state index is 0.0333. The molecular formula is C15H19N3O4S. The highest BCUT2D eigenvalue weighted by atomic mass is 32.2. The molecule has 124 valence electrons. The number of hydrogen-bond donors (Lipinski definition) is 0. The van der Waals surface area contributed by atoms with Crippen LogP contribution in [0.25, 0.3) is 5.69 Å². The SMILES string of the molecule is COC(=O)[C@@H](C)CN(C)S(=O)(=O)c1cnn(-c2ccccc2)c1. The lowest BCUT2D eigenvalue weighted by molar-refractivity contribution is -0.144. The van der Waals surface area contributed by atoms with Crippen LogP contribution >= 0.6 is 0 Å². The van der Waals surface area contributed by atoms with E-state index in [1.165, 1.54) is 31.2 Å². The molecule has 0 amide bonds. The van der Waals surface area contributed by atoms with Crippen molar-refractivity contribution in [1.82, 2.24) is 14.1 Å². The molecular weight excluding hydrogens is 318 g/mol. The summed E-state index contributed by atoms with van der Waals surface area (Å²) >= 11 is 0. The Bertz CT molecular complexity index is 771. The van der Waals surface area contributed by atoms with Gasteiger partial charge in [-0.3, -0.25) is 4.79 Å². The first-order valence-electron chi connectivity index (χ1n) is 7.00. The van der Waals surface area contributed by atoms with Crippen molar-refractivity contribution in [1.29, 1.82) is 0 Å². The van der Waals surface area contributed by atoms with Crippen molar-refractivity contribution in [2.24, 2.45) is 5.92 Å². The highest BCUT2D eigenvalue weighted by Crippen LogP contribution is 2.17. The maximum atomic E-state index is 12.5. The van der Waals surface area contributed by atoms with Gasteiger partial charge in [-0.05, 0) is 12.1 Å². The van der Waals surface area contributed by atoms with E-state index in [0.29, 0.717) is 0 Å². The van der Waals surface area contributed by atoms with Crippen LogP contribution in [-0.4, -0.2) is 49.2 Å². The molecule has 0 radical (unpaired) electrons.